The first-order valence-corrected chi connectivity index (χ1v) is 8.78. The predicted octanol–water partition coefficient (Wildman–Crippen LogP) is 2.94. The first kappa shape index (κ1) is 20.0. The second-order valence-electron chi connectivity index (χ2n) is 5.67. The number of rotatable bonds is 6. The topological polar surface area (TPSA) is 78.9 Å². The van der Waals surface area contributed by atoms with Gasteiger partial charge in [-0.05, 0) is 26.3 Å². The minimum Gasteiger partial charge on any atom is -0.465 e. The molecule has 0 bridgehead atoms. The van der Waals surface area contributed by atoms with Gasteiger partial charge in [-0.2, -0.15) is 0 Å². The number of carbonyl (C=O) groups excluding carboxylic acids is 3. The molecule has 0 N–H and O–H groups in total. The Morgan fingerprint density at radius 3 is 2.15 bits per heavy atom. The molecule has 0 aliphatic carbocycles. The Morgan fingerprint density at radius 2 is 1.65 bits per heavy atom. The van der Waals surface area contributed by atoms with E-state index >= 15 is 0 Å². The van der Waals surface area contributed by atoms with Crippen molar-refractivity contribution in [3.8, 4) is 0 Å². The summed E-state index contributed by atoms with van der Waals surface area (Å²) in [6.45, 7) is 5.01. The highest BCUT2D eigenvalue weighted by atomic mass is 35.5. The molecule has 140 valence electrons. The number of ether oxygens (including phenoxy) is 3. The monoisotopic (exact) mass is 380 g/mol. The SMILES string of the molecule is CCOC(=O)C(C(=O)OCC)C1C(=O)OC(C)/C1=C(/Cl)c1ccccc1. The lowest BCUT2D eigenvalue weighted by atomic mass is 9.84. The third-order valence-electron chi connectivity index (χ3n) is 4.01. The Hall–Kier alpha value is -2.34. The van der Waals surface area contributed by atoms with Gasteiger partial charge < -0.3 is 14.2 Å². The highest BCUT2D eigenvalue weighted by Gasteiger charge is 2.51. The van der Waals surface area contributed by atoms with Gasteiger partial charge in [0.2, 0.25) is 0 Å². The Balaban J connectivity index is 2.54. The van der Waals surface area contributed by atoms with Gasteiger partial charge >= 0.3 is 17.9 Å². The summed E-state index contributed by atoms with van der Waals surface area (Å²) in [7, 11) is 0. The van der Waals surface area contributed by atoms with Crippen molar-refractivity contribution in [2.75, 3.05) is 13.2 Å². The van der Waals surface area contributed by atoms with Crippen molar-refractivity contribution in [2.24, 2.45) is 11.8 Å². The lowest BCUT2D eigenvalue weighted by molar-refractivity contribution is -0.167. The van der Waals surface area contributed by atoms with E-state index < -0.39 is 35.8 Å². The molecule has 1 aliphatic rings. The average Bonchev–Trinajstić information content (AvgIpc) is 2.90. The molecule has 1 aromatic rings. The van der Waals surface area contributed by atoms with E-state index in [-0.39, 0.29) is 18.2 Å². The maximum atomic E-state index is 12.5. The van der Waals surface area contributed by atoms with Crippen molar-refractivity contribution in [1.82, 2.24) is 0 Å². The number of halogens is 1. The lowest BCUT2D eigenvalue weighted by Gasteiger charge is -2.20. The standard InChI is InChI=1S/C19H21ClO6/c1-4-24-17(21)15(18(22)25-5-2)14-13(11(3)26-19(14)23)16(20)12-9-7-6-8-10-12/h6-11,14-15H,4-5H2,1-3H3/b16-13-. The van der Waals surface area contributed by atoms with E-state index in [1.54, 1.807) is 45.0 Å². The van der Waals surface area contributed by atoms with Crippen LogP contribution in [0.15, 0.2) is 35.9 Å². The summed E-state index contributed by atoms with van der Waals surface area (Å²) in [5, 5.41) is 0.271. The van der Waals surface area contributed by atoms with Crippen molar-refractivity contribution in [1.29, 1.82) is 0 Å². The van der Waals surface area contributed by atoms with E-state index in [1.165, 1.54) is 0 Å². The van der Waals surface area contributed by atoms with E-state index in [4.69, 9.17) is 25.8 Å². The molecule has 0 radical (unpaired) electrons. The van der Waals surface area contributed by atoms with Crippen LogP contribution in [0.25, 0.3) is 5.03 Å². The molecule has 1 aromatic carbocycles. The maximum absolute atomic E-state index is 12.5. The summed E-state index contributed by atoms with van der Waals surface area (Å²) in [5.74, 6) is -5.02. The zero-order valence-electron chi connectivity index (χ0n) is 14.9. The predicted molar refractivity (Wildman–Crippen MR) is 95.0 cm³/mol. The third kappa shape index (κ3) is 4.07. The molecule has 1 aliphatic heterocycles. The summed E-state index contributed by atoms with van der Waals surface area (Å²) >= 11 is 6.52. The molecule has 1 saturated heterocycles. The molecular formula is C19H21ClO6. The average molecular weight is 381 g/mol. The summed E-state index contributed by atoms with van der Waals surface area (Å²) < 4.78 is 15.2. The Labute approximate surface area is 157 Å². The van der Waals surface area contributed by atoms with Crippen molar-refractivity contribution >= 4 is 34.5 Å². The van der Waals surface area contributed by atoms with Crippen LogP contribution in [0.1, 0.15) is 26.3 Å². The quantitative estimate of drug-likeness (QED) is 0.429. The van der Waals surface area contributed by atoms with E-state index in [1.807, 2.05) is 6.07 Å². The first-order valence-electron chi connectivity index (χ1n) is 8.41. The molecule has 0 saturated carbocycles. The van der Waals surface area contributed by atoms with Crippen molar-refractivity contribution < 1.29 is 28.6 Å². The summed E-state index contributed by atoms with van der Waals surface area (Å²) in [5.41, 5.74) is 1.03. The number of cyclic esters (lactones) is 1. The van der Waals surface area contributed by atoms with Gasteiger partial charge in [0.25, 0.3) is 0 Å². The van der Waals surface area contributed by atoms with Gasteiger partial charge in [-0.25, -0.2) is 0 Å². The number of hydrogen-bond acceptors (Lipinski definition) is 6. The molecule has 0 aromatic heterocycles. The Kier molecular flexibility index (Phi) is 6.80. The van der Waals surface area contributed by atoms with Gasteiger partial charge in [-0.15, -0.1) is 0 Å². The number of carbonyl (C=O) groups is 3. The van der Waals surface area contributed by atoms with E-state index in [9.17, 15) is 14.4 Å². The fourth-order valence-electron chi connectivity index (χ4n) is 2.91. The molecular weight excluding hydrogens is 360 g/mol. The van der Waals surface area contributed by atoms with Gasteiger partial charge in [0.15, 0.2) is 5.92 Å². The minimum atomic E-state index is -1.46. The van der Waals surface area contributed by atoms with Crippen LogP contribution in [0.3, 0.4) is 0 Å². The second kappa shape index (κ2) is 8.85. The molecule has 0 amide bonds. The fourth-order valence-corrected chi connectivity index (χ4v) is 3.30. The van der Waals surface area contributed by atoms with Crippen LogP contribution in [0.4, 0.5) is 0 Å². The normalized spacial score (nSPS) is 21.3. The molecule has 1 fully saturated rings. The summed E-state index contributed by atoms with van der Waals surface area (Å²) in [6.07, 6.45) is -0.674. The summed E-state index contributed by atoms with van der Waals surface area (Å²) in [6, 6.07) is 8.96. The highest BCUT2D eigenvalue weighted by Crippen LogP contribution is 2.41. The number of hydrogen-bond donors (Lipinski definition) is 0. The van der Waals surface area contributed by atoms with E-state index in [2.05, 4.69) is 0 Å². The Bertz CT molecular complexity index is 694. The smallest absolute Gasteiger partial charge is 0.321 e. The van der Waals surface area contributed by atoms with Crippen LogP contribution in [-0.2, 0) is 28.6 Å². The van der Waals surface area contributed by atoms with Gasteiger partial charge in [-0.3, -0.25) is 14.4 Å². The fraction of sp³-hybridized carbons (Fsp3) is 0.421. The second-order valence-corrected chi connectivity index (χ2v) is 6.05. The molecule has 2 atom stereocenters. The van der Waals surface area contributed by atoms with Crippen molar-refractivity contribution in [3.63, 3.8) is 0 Å². The van der Waals surface area contributed by atoms with E-state index in [0.29, 0.717) is 11.1 Å². The third-order valence-corrected chi connectivity index (χ3v) is 4.45. The van der Waals surface area contributed by atoms with Crippen molar-refractivity contribution in [2.45, 2.75) is 26.9 Å². The molecule has 2 unspecified atom stereocenters. The first-order chi connectivity index (χ1) is 12.4. The maximum Gasteiger partial charge on any atom is 0.321 e. The molecule has 2 rings (SSSR count). The molecule has 1 heterocycles. The van der Waals surface area contributed by atoms with Crippen LogP contribution in [-0.4, -0.2) is 37.2 Å². The zero-order valence-corrected chi connectivity index (χ0v) is 15.6. The van der Waals surface area contributed by atoms with Crippen molar-refractivity contribution in [3.05, 3.63) is 41.5 Å². The molecule has 0 spiro atoms. The van der Waals surface area contributed by atoms with Crippen LogP contribution < -0.4 is 0 Å². The van der Waals surface area contributed by atoms with Gasteiger partial charge in [0.05, 0.1) is 18.2 Å². The number of esters is 3. The number of benzene rings is 1. The molecule has 6 nitrogen and oxygen atoms in total. The van der Waals surface area contributed by atoms with E-state index in [0.717, 1.165) is 0 Å². The highest BCUT2D eigenvalue weighted by molar-refractivity contribution is 6.49. The minimum absolute atomic E-state index is 0.0670. The van der Waals surface area contributed by atoms with Crippen LogP contribution in [0.2, 0.25) is 0 Å². The van der Waals surface area contributed by atoms with Gasteiger partial charge in [0, 0.05) is 5.57 Å². The van der Waals surface area contributed by atoms with Gasteiger partial charge in [0.1, 0.15) is 12.0 Å². The molecule has 26 heavy (non-hydrogen) atoms. The lowest BCUT2D eigenvalue weighted by Crippen LogP contribution is -2.37. The van der Waals surface area contributed by atoms with Crippen LogP contribution >= 0.6 is 11.6 Å². The zero-order chi connectivity index (χ0) is 19.3. The van der Waals surface area contributed by atoms with Crippen LogP contribution in [0.5, 0.6) is 0 Å². The van der Waals surface area contributed by atoms with Gasteiger partial charge in [-0.1, -0.05) is 41.9 Å². The largest absolute Gasteiger partial charge is 0.465 e. The van der Waals surface area contributed by atoms with Crippen LogP contribution in [0, 0.1) is 11.8 Å². The molecule has 7 heteroatoms. The summed E-state index contributed by atoms with van der Waals surface area (Å²) in [4.78, 5) is 37.3. The Morgan fingerprint density at radius 1 is 1.12 bits per heavy atom.